The van der Waals surface area contributed by atoms with Gasteiger partial charge >= 0.3 is 0 Å². The summed E-state index contributed by atoms with van der Waals surface area (Å²) >= 11 is 7.56. The molecule has 2 N–H and O–H groups in total. The first-order valence-electron chi connectivity index (χ1n) is 8.04. The molecule has 132 valence electrons. The first-order chi connectivity index (χ1) is 12.7. The Kier molecular flexibility index (Phi) is 4.57. The van der Waals surface area contributed by atoms with Crippen LogP contribution in [-0.2, 0) is 0 Å². The van der Waals surface area contributed by atoms with E-state index in [0.717, 1.165) is 22.6 Å². The van der Waals surface area contributed by atoms with Gasteiger partial charge in [-0.25, -0.2) is 0 Å². The lowest BCUT2D eigenvalue weighted by molar-refractivity contribution is 0.225. The van der Waals surface area contributed by atoms with Crippen LogP contribution in [0.3, 0.4) is 0 Å². The largest absolute Gasteiger partial charge is 0.506 e. The van der Waals surface area contributed by atoms with Crippen molar-refractivity contribution in [3.63, 3.8) is 0 Å². The molecule has 3 aromatic rings. The summed E-state index contributed by atoms with van der Waals surface area (Å²) in [6, 6.07) is 12.7. The van der Waals surface area contributed by atoms with Gasteiger partial charge in [-0.15, -0.1) is 10.2 Å². The van der Waals surface area contributed by atoms with Crippen molar-refractivity contribution in [3.05, 3.63) is 53.1 Å². The van der Waals surface area contributed by atoms with Crippen molar-refractivity contribution in [2.75, 3.05) is 11.1 Å². The highest BCUT2D eigenvalue weighted by molar-refractivity contribution is 7.99. The quantitative estimate of drug-likeness (QED) is 0.641. The number of aromatic nitrogens is 3. The van der Waals surface area contributed by atoms with Crippen molar-refractivity contribution >= 4 is 29.1 Å². The fourth-order valence-electron chi connectivity index (χ4n) is 2.67. The topological polar surface area (TPSA) is 80.2 Å². The van der Waals surface area contributed by atoms with E-state index in [1.165, 1.54) is 17.8 Å². The number of nitrogens with zero attached hydrogens (tertiary/aromatic N) is 3. The molecule has 2 aromatic carbocycles. The zero-order chi connectivity index (χ0) is 18.1. The van der Waals surface area contributed by atoms with Crippen LogP contribution in [0.25, 0.3) is 11.3 Å². The third-order valence-electron chi connectivity index (χ3n) is 3.88. The van der Waals surface area contributed by atoms with Gasteiger partial charge in [0.25, 0.3) is 0 Å². The maximum absolute atomic E-state index is 9.68. The van der Waals surface area contributed by atoms with Gasteiger partial charge in [-0.3, -0.25) is 0 Å². The summed E-state index contributed by atoms with van der Waals surface area (Å²) in [5, 5.41) is 22.4. The number of hydrogen-bond acceptors (Lipinski definition) is 7. The lowest BCUT2D eigenvalue weighted by atomic mass is 10.1. The number of nitrogens with one attached hydrogen (secondary N) is 1. The van der Waals surface area contributed by atoms with E-state index in [9.17, 15) is 5.11 Å². The second-order valence-electron chi connectivity index (χ2n) is 5.58. The Hall–Kier alpha value is -2.51. The molecule has 0 saturated heterocycles. The third-order valence-corrected chi connectivity index (χ3v) is 4.90. The molecule has 1 atom stereocenters. The van der Waals surface area contributed by atoms with E-state index in [1.807, 2.05) is 31.2 Å². The predicted molar refractivity (Wildman–Crippen MR) is 102 cm³/mol. The van der Waals surface area contributed by atoms with Gasteiger partial charge in [0.2, 0.25) is 11.0 Å². The Balaban J connectivity index is 1.83. The summed E-state index contributed by atoms with van der Waals surface area (Å²) in [6.45, 7) is 2.03. The monoisotopic (exact) mass is 386 g/mol. The number of rotatable bonds is 3. The van der Waals surface area contributed by atoms with Crippen LogP contribution in [0.2, 0.25) is 5.02 Å². The minimum Gasteiger partial charge on any atom is -0.506 e. The number of hydrogen-bond donors (Lipinski definition) is 2. The summed E-state index contributed by atoms with van der Waals surface area (Å²) in [4.78, 5) is 4.52. The van der Waals surface area contributed by atoms with E-state index in [4.69, 9.17) is 16.3 Å². The molecule has 0 unspecified atom stereocenters. The van der Waals surface area contributed by atoms with Gasteiger partial charge in [0.05, 0.1) is 5.02 Å². The fraction of sp³-hybridized carbons (Fsp3) is 0.167. The van der Waals surface area contributed by atoms with Crippen LogP contribution < -0.4 is 10.1 Å². The zero-order valence-corrected chi connectivity index (χ0v) is 15.4. The Labute approximate surface area is 159 Å². The van der Waals surface area contributed by atoms with Crippen molar-refractivity contribution in [2.45, 2.75) is 18.3 Å². The molecule has 6 nitrogen and oxygen atoms in total. The van der Waals surface area contributed by atoms with Crippen LogP contribution >= 0.6 is 23.4 Å². The van der Waals surface area contributed by atoms with E-state index in [0.29, 0.717) is 16.7 Å². The van der Waals surface area contributed by atoms with E-state index in [1.54, 1.807) is 12.1 Å². The number of aromatic hydroxyl groups is 1. The van der Waals surface area contributed by atoms with Crippen LogP contribution in [0, 0.1) is 0 Å². The van der Waals surface area contributed by atoms with Crippen molar-refractivity contribution in [3.8, 4) is 22.9 Å². The highest BCUT2D eigenvalue weighted by Gasteiger charge is 2.26. The molecular weight excluding hydrogens is 372 g/mol. The smallest absolute Gasteiger partial charge is 0.247 e. The van der Waals surface area contributed by atoms with E-state index in [-0.39, 0.29) is 10.8 Å². The molecule has 0 radical (unpaired) electrons. The SMILES string of the molecule is CCSc1nnc2c(n1)O[C@H](c1ccc(O)c(Cl)c1)Nc1ccccc1-2. The van der Waals surface area contributed by atoms with Gasteiger partial charge in [0.15, 0.2) is 11.9 Å². The average Bonchev–Trinajstić information content (AvgIpc) is 2.81. The molecule has 4 rings (SSSR count). The molecule has 0 spiro atoms. The summed E-state index contributed by atoms with van der Waals surface area (Å²) in [5.74, 6) is 1.27. The number of benzene rings is 2. The van der Waals surface area contributed by atoms with E-state index in [2.05, 4.69) is 20.5 Å². The molecular formula is C18H15ClN4O2S. The molecule has 8 heteroatoms. The van der Waals surface area contributed by atoms with Gasteiger partial charge in [-0.2, -0.15) is 4.98 Å². The number of para-hydroxylation sites is 1. The van der Waals surface area contributed by atoms with Crippen molar-refractivity contribution < 1.29 is 9.84 Å². The summed E-state index contributed by atoms with van der Waals surface area (Å²) in [7, 11) is 0. The van der Waals surface area contributed by atoms with Gasteiger partial charge in [0.1, 0.15) is 5.75 Å². The zero-order valence-electron chi connectivity index (χ0n) is 13.8. The van der Waals surface area contributed by atoms with Crippen LogP contribution in [0.4, 0.5) is 5.69 Å². The van der Waals surface area contributed by atoms with Crippen LogP contribution in [0.5, 0.6) is 11.6 Å². The first-order valence-corrected chi connectivity index (χ1v) is 9.40. The normalized spacial score (nSPS) is 15.2. The number of phenolic OH excluding ortho intramolecular Hbond substituents is 1. The van der Waals surface area contributed by atoms with Gasteiger partial charge in [0, 0.05) is 16.8 Å². The molecule has 0 saturated carbocycles. The molecule has 0 aliphatic carbocycles. The number of halogens is 1. The Morgan fingerprint density at radius 1 is 1.23 bits per heavy atom. The predicted octanol–water partition coefficient (Wildman–Crippen LogP) is 4.51. The van der Waals surface area contributed by atoms with E-state index >= 15 is 0 Å². The molecule has 0 fully saturated rings. The second-order valence-corrected chi connectivity index (χ2v) is 7.22. The maximum Gasteiger partial charge on any atom is 0.247 e. The minimum absolute atomic E-state index is 0.0236. The minimum atomic E-state index is -0.535. The number of anilines is 1. The van der Waals surface area contributed by atoms with Crippen molar-refractivity contribution in [1.82, 2.24) is 15.2 Å². The highest BCUT2D eigenvalue weighted by Crippen LogP contribution is 2.40. The molecule has 2 heterocycles. The van der Waals surface area contributed by atoms with Gasteiger partial charge in [-0.1, -0.05) is 48.5 Å². The van der Waals surface area contributed by atoms with Gasteiger partial charge in [-0.05, 0) is 30.0 Å². The Bertz CT molecular complexity index is 970. The van der Waals surface area contributed by atoms with E-state index < -0.39 is 6.23 Å². The summed E-state index contributed by atoms with van der Waals surface area (Å²) in [6.07, 6.45) is -0.535. The molecule has 0 bridgehead atoms. The fourth-order valence-corrected chi connectivity index (χ4v) is 3.37. The van der Waals surface area contributed by atoms with Crippen LogP contribution in [0.1, 0.15) is 18.7 Å². The third kappa shape index (κ3) is 3.15. The number of fused-ring (bicyclic) bond motifs is 3. The average molecular weight is 387 g/mol. The molecule has 1 aliphatic heterocycles. The Morgan fingerprint density at radius 2 is 2.08 bits per heavy atom. The van der Waals surface area contributed by atoms with Crippen LogP contribution in [0.15, 0.2) is 47.6 Å². The molecule has 26 heavy (non-hydrogen) atoms. The summed E-state index contributed by atoms with van der Waals surface area (Å²) < 4.78 is 6.13. The van der Waals surface area contributed by atoms with Crippen LogP contribution in [-0.4, -0.2) is 26.0 Å². The number of thioether (sulfide) groups is 1. The lowest BCUT2D eigenvalue weighted by Crippen LogP contribution is -2.17. The molecule has 1 aliphatic rings. The summed E-state index contributed by atoms with van der Waals surface area (Å²) in [5.41, 5.74) is 3.06. The maximum atomic E-state index is 9.68. The lowest BCUT2D eigenvalue weighted by Gasteiger charge is -2.19. The molecule has 1 aromatic heterocycles. The standard InChI is InChI=1S/C18H15ClN4O2S/c1-2-26-18-21-17-15(22-23-18)11-5-3-4-6-13(11)20-16(25-17)10-7-8-14(24)12(19)9-10/h3-9,16,20,24H,2H2,1H3/t16-/m1/s1. The van der Waals surface area contributed by atoms with Crippen molar-refractivity contribution in [2.24, 2.45) is 0 Å². The highest BCUT2D eigenvalue weighted by atomic mass is 35.5. The van der Waals surface area contributed by atoms with Gasteiger partial charge < -0.3 is 15.2 Å². The number of ether oxygens (including phenoxy) is 1. The first kappa shape index (κ1) is 16.9. The molecule has 0 amide bonds. The Morgan fingerprint density at radius 3 is 2.88 bits per heavy atom. The number of phenols is 1. The second kappa shape index (κ2) is 7.01. The van der Waals surface area contributed by atoms with Crippen molar-refractivity contribution in [1.29, 1.82) is 0 Å².